The molecule has 7 nitrogen and oxygen atoms in total. The summed E-state index contributed by atoms with van der Waals surface area (Å²) in [5.41, 5.74) is 6.07. The van der Waals surface area contributed by atoms with Crippen molar-refractivity contribution in [3.8, 4) is 16.9 Å². The standard InChI is InChI=1S/C30H24N4O3/c35-29-19-37-28-17-24(33-30(36)32-23-11-10-21-14-15-31-26(21)16-23)12-13-27(28)34(29)18-22-8-4-5-9-25(22)20-6-2-1-3-7-20/h1-17,31H,18-19H2,(H2,32,33,36). The first kappa shape index (κ1) is 22.4. The fourth-order valence-electron chi connectivity index (χ4n) is 4.60. The number of nitrogens with zero attached hydrogens (tertiary/aromatic N) is 1. The lowest BCUT2D eigenvalue weighted by atomic mass is 9.99. The quantitative estimate of drug-likeness (QED) is 0.267. The fraction of sp³-hybridized carbons (Fsp3) is 0.0667. The molecule has 7 heteroatoms. The van der Waals surface area contributed by atoms with Gasteiger partial charge in [0.2, 0.25) is 0 Å². The lowest BCUT2D eigenvalue weighted by Crippen LogP contribution is -2.38. The van der Waals surface area contributed by atoms with Gasteiger partial charge in [0.1, 0.15) is 5.75 Å². The average Bonchev–Trinajstić information content (AvgIpc) is 3.39. The minimum atomic E-state index is -0.369. The number of carbonyl (C=O) groups excluding carboxylic acids is 2. The summed E-state index contributed by atoms with van der Waals surface area (Å²) in [5, 5.41) is 6.76. The van der Waals surface area contributed by atoms with E-state index in [-0.39, 0.29) is 18.5 Å². The molecule has 4 aromatic carbocycles. The number of benzene rings is 4. The number of nitrogens with one attached hydrogen (secondary N) is 3. The highest BCUT2D eigenvalue weighted by Gasteiger charge is 2.27. The Hall–Kier alpha value is -5.04. The van der Waals surface area contributed by atoms with Crippen LogP contribution in [-0.4, -0.2) is 23.5 Å². The second kappa shape index (κ2) is 9.54. The summed E-state index contributed by atoms with van der Waals surface area (Å²) in [6.07, 6.45) is 1.86. The number of H-pyrrole nitrogens is 1. The van der Waals surface area contributed by atoms with Crippen LogP contribution in [0.25, 0.3) is 22.0 Å². The van der Waals surface area contributed by atoms with Gasteiger partial charge in [-0.05, 0) is 52.4 Å². The van der Waals surface area contributed by atoms with Crippen LogP contribution in [0.5, 0.6) is 5.75 Å². The molecule has 1 aliphatic heterocycles. The minimum absolute atomic E-state index is 0.0632. The maximum absolute atomic E-state index is 12.9. The molecule has 6 rings (SSSR count). The molecule has 182 valence electrons. The van der Waals surface area contributed by atoms with Gasteiger partial charge in [0.05, 0.1) is 12.2 Å². The van der Waals surface area contributed by atoms with Crippen molar-refractivity contribution in [1.29, 1.82) is 0 Å². The van der Waals surface area contributed by atoms with Gasteiger partial charge in [0, 0.05) is 29.2 Å². The van der Waals surface area contributed by atoms with E-state index in [1.807, 2.05) is 66.9 Å². The summed E-state index contributed by atoms with van der Waals surface area (Å²) >= 11 is 0. The second-order valence-electron chi connectivity index (χ2n) is 8.83. The molecule has 0 saturated heterocycles. The minimum Gasteiger partial charge on any atom is -0.481 e. The number of anilines is 3. The highest BCUT2D eigenvalue weighted by atomic mass is 16.5. The van der Waals surface area contributed by atoms with Crippen LogP contribution in [0.3, 0.4) is 0 Å². The highest BCUT2D eigenvalue weighted by Crippen LogP contribution is 2.36. The number of aromatic nitrogens is 1. The zero-order valence-corrected chi connectivity index (χ0v) is 19.9. The van der Waals surface area contributed by atoms with Crippen LogP contribution >= 0.6 is 0 Å². The molecule has 2 heterocycles. The van der Waals surface area contributed by atoms with E-state index in [0.29, 0.717) is 29.4 Å². The molecule has 3 N–H and O–H groups in total. The molecule has 1 aromatic heterocycles. The number of amides is 3. The van der Waals surface area contributed by atoms with Gasteiger partial charge >= 0.3 is 6.03 Å². The predicted octanol–water partition coefficient (Wildman–Crippen LogP) is 6.40. The summed E-state index contributed by atoms with van der Waals surface area (Å²) in [6.45, 7) is 0.348. The zero-order valence-electron chi connectivity index (χ0n) is 19.9. The summed E-state index contributed by atoms with van der Waals surface area (Å²) < 4.78 is 5.73. The lowest BCUT2D eigenvalue weighted by Gasteiger charge is -2.30. The Bertz CT molecular complexity index is 1610. The number of fused-ring (bicyclic) bond motifs is 2. The predicted molar refractivity (Wildman–Crippen MR) is 146 cm³/mol. The number of hydrogen-bond acceptors (Lipinski definition) is 3. The first-order chi connectivity index (χ1) is 18.1. The summed E-state index contributed by atoms with van der Waals surface area (Å²) in [7, 11) is 0. The number of ether oxygens (including phenoxy) is 1. The van der Waals surface area contributed by atoms with Crippen molar-refractivity contribution >= 4 is 39.9 Å². The maximum atomic E-state index is 12.9. The molecule has 1 aliphatic rings. The van der Waals surface area contributed by atoms with Gasteiger partial charge in [0.15, 0.2) is 6.61 Å². The summed E-state index contributed by atoms with van der Waals surface area (Å²) in [6, 6.07) is 30.8. The van der Waals surface area contributed by atoms with Gasteiger partial charge in [-0.25, -0.2) is 4.79 Å². The SMILES string of the molecule is O=C(Nc1ccc2c(c1)OCC(=O)N2Cc1ccccc1-c1ccccc1)Nc1ccc2cc[nH]c2c1. The molecular formula is C30H24N4O3. The number of rotatable bonds is 5. The first-order valence-corrected chi connectivity index (χ1v) is 12.0. The lowest BCUT2D eigenvalue weighted by molar-refractivity contribution is -0.121. The molecule has 0 fully saturated rings. The number of aromatic amines is 1. The van der Waals surface area contributed by atoms with Crippen molar-refractivity contribution in [3.05, 3.63) is 109 Å². The zero-order chi connectivity index (χ0) is 25.2. The summed E-state index contributed by atoms with van der Waals surface area (Å²) in [5.74, 6) is 0.427. The van der Waals surface area contributed by atoms with Crippen LogP contribution in [0.15, 0.2) is 103 Å². The van der Waals surface area contributed by atoms with Crippen LogP contribution in [-0.2, 0) is 11.3 Å². The monoisotopic (exact) mass is 488 g/mol. The van der Waals surface area contributed by atoms with Crippen molar-refractivity contribution in [2.45, 2.75) is 6.54 Å². The van der Waals surface area contributed by atoms with Crippen molar-refractivity contribution in [2.75, 3.05) is 22.1 Å². The Morgan fingerprint density at radius 1 is 0.865 bits per heavy atom. The van der Waals surface area contributed by atoms with Gasteiger partial charge in [0.25, 0.3) is 5.91 Å². The largest absolute Gasteiger partial charge is 0.481 e. The second-order valence-corrected chi connectivity index (χ2v) is 8.83. The first-order valence-electron chi connectivity index (χ1n) is 12.0. The topological polar surface area (TPSA) is 86.5 Å². The number of urea groups is 1. The molecule has 0 bridgehead atoms. The van der Waals surface area contributed by atoms with Crippen molar-refractivity contribution in [1.82, 2.24) is 4.98 Å². The molecule has 3 amide bonds. The molecule has 0 atom stereocenters. The molecule has 5 aromatic rings. The molecule has 0 aliphatic carbocycles. The van der Waals surface area contributed by atoms with Crippen LogP contribution in [0, 0.1) is 0 Å². The number of carbonyl (C=O) groups is 2. The van der Waals surface area contributed by atoms with E-state index >= 15 is 0 Å². The number of hydrogen-bond donors (Lipinski definition) is 3. The van der Waals surface area contributed by atoms with E-state index in [9.17, 15) is 9.59 Å². The van der Waals surface area contributed by atoms with Crippen molar-refractivity contribution in [2.24, 2.45) is 0 Å². The van der Waals surface area contributed by atoms with Gasteiger partial charge in [-0.3, -0.25) is 4.79 Å². The van der Waals surface area contributed by atoms with E-state index in [1.54, 1.807) is 23.1 Å². The van der Waals surface area contributed by atoms with Crippen LogP contribution in [0.1, 0.15) is 5.56 Å². The van der Waals surface area contributed by atoms with E-state index < -0.39 is 0 Å². The van der Waals surface area contributed by atoms with Gasteiger partial charge in [-0.2, -0.15) is 0 Å². The van der Waals surface area contributed by atoms with E-state index in [2.05, 4.69) is 33.8 Å². The normalized spacial score (nSPS) is 12.6. The molecule has 0 spiro atoms. The molecular weight excluding hydrogens is 464 g/mol. The van der Waals surface area contributed by atoms with Crippen molar-refractivity contribution in [3.63, 3.8) is 0 Å². The molecule has 37 heavy (non-hydrogen) atoms. The van der Waals surface area contributed by atoms with Crippen LogP contribution in [0.4, 0.5) is 21.9 Å². The Kier molecular flexibility index (Phi) is 5.78. The van der Waals surface area contributed by atoms with Crippen molar-refractivity contribution < 1.29 is 14.3 Å². The van der Waals surface area contributed by atoms with Gasteiger partial charge in [-0.15, -0.1) is 0 Å². The van der Waals surface area contributed by atoms with E-state index in [1.165, 1.54) is 0 Å². The Morgan fingerprint density at radius 3 is 2.49 bits per heavy atom. The Balaban J connectivity index is 1.21. The smallest absolute Gasteiger partial charge is 0.323 e. The van der Waals surface area contributed by atoms with E-state index in [0.717, 1.165) is 27.6 Å². The average molecular weight is 489 g/mol. The van der Waals surface area contributed by atoms with Crippen LogP contribution in [0.2, 0.25) is 0 Å². The Morgan fingerprint density at radius 2 is 1.62 bits per heavy atom. The van der Waals surface area contributed by atoms with Crippen LogP contribution < -0.4 is 20.3 Å². The third-order valence-corrected chi connectivity index (χ3v) is 6.40. The molecule has 0 unspecified atom stereocenters. The third-order valence-electron chi connectivity index (χ3n) is 6.40. The Labute approximate surface area is 213 Å². The molecule has 0 radical (unpaired) electrons. The summed E-state index contributed by atoms with van der Waals surface area (Å²) in [4.78, 5) is 30.4. The highest BCUT2D eigenvalue weighted by molar-refractivity contribution is 6.02. The molecule has 0 saturated carbocycles. The van der Waals surface area contributed by atoms with Gasteiger partial charge < -0.3 is 25.3 Å². The fourth-order valence-corrected chi connectivity index (χ4v) is 4.60. The van der Waals surface area contributed by atoms with Gasteiger partial charge in [-0.1, -0.05) is 60.7 Å². The van der Waals surface area contributed by atoms with E-state index in [4.69, 9.17) is 4.74 Å². The third kappa shape index (κ3) is 4.62. The maximum Gasteiger partial charge on any atom is 0.323 e.